The molecule has 0 bridgehead atoms. The first-order chi connectivity index (χ1) is 8.60. The van der Waals surface area contributed by atoms with Gasteiger partial charge in [-0.1, -0.05) is 15.9 Å². The Morgan fingerprint density at radius 2 is 2.33 bits per heavy atom. The van der Waals surface area contributed by atoms with E-state index in [0.717, 1.165) is 15.1 Å². The fraction of sp³-hybridized carbons (Fsp3) is 0.333. The van der Waals surface area contributed by atoms with Gasteiger partial charge in [0, 0.05) is 22.3 Å². The van der Waals surface area contributed by atoms with Gasteiger partial charge in [0.15, 0.2) is 0 Å². The molecule has 18 heavy (non-hydrogen) atoms. The van der Waals surface area contributed by atoms with E-state index >= 15 is 0 Å². The first-order valence-corrected chi connectivity index (χ1v) is 7.31. The lowest BCUT2D eigenvalue weighted by Gasteiger charge is -2.23. The number of carbonyl (C=O) groups excluding carboxylic acids is 2. The van der Waals surface area contributed by atoms with Crippen molar-refractivity contribution >= 4 is 45.2 Å². The molecule has 1 atom stereocenters. The van der Waals surface area contributed by atoms with E-state index in [9.17, 15) is 9.59 Å². The molecule has 1 heterocycles. The molecule has 4 nitrogen and oxygen atoms in total. The van der Waals surface area contributed by atoms with E-state index in [1.807, 2.05) is 25.1 Å². The van der Waals surface area contributed by atoms with Crippen LogP contribution < -0.4 is 10.6 Å². The van der Waals surface area contributed by atoms with Gasteiger partial charge in [0.1, 0.15) is 0 Å². The summed E-state index contributed by atoms with van der Waals surface area (Å²) in [4.78, 5) is 24.4. The first-order valence-electron chi connectivity index (χ1n) is 5.64. The summed E-state index contributed by atoms with van der Waals surface area (Å²) in [7, 11) is 0. The molecular weight excluding hydrogens is 316 g/mol. The number of carbonyl (C=O) groups is 2. The molecule has 0 spiro atoms. The van der Waals surface area contributed by atoms with Crippen molar-refractivity contribution < 1.29 is 9.59 Å². The number of rotatable bonds is 3. The number of thioether (sulfide) groups is 1. The highest BCUT2D eigenvalue weighted by atomic mass is 79.9. The highest BCUT2D eigenvalue weighted by Crippen LogP contribution is 2.38. The average Bonchev–Trinajstić information content (AvgIpc) is 2.31. The lowest BCUT2D eigenvalue weighted by Crippen LogP contribution is -2.34. The molecular formula is C12H13BrN2O2S. The molecule has 1 unspecified atom stereocenters. The molecule has 0 aromatic heterocycles. The van der Waals surface area contributed by atoms with Crippen molar-refractivity contribution in [1.29, 1.82) is 0 Å². The van der Waals surface area contributed by atoms with Crippen LogP contribution in [0.3, 0.4) is 0 Å². The number of amides is 2. The maximum absolute atomic E-state index is 11.9. The van der Waals surface area contributed by atoms with Gasteiger partial charge in [0.05, 0.1) is 10.9 Å². The Bertz CT molecular complexity index is 493. The van der Waals surface area contributed by atoms with E-state index in [2.05, 4.69) is 26.6 Å². The molecule has 0 saturated carbocycles. The first kappa shape index (κ1) is 13.4. The number of halogens is 1. The zero-order valence-electron chi connectivity index (χ0n) is 9.83. The Morgan fingerprint density at radius 1 is 1.56 bits per heavy atom. The molecule has 2 amide bonds. The summed E-state index contributed by atoms with van der Waals surface area (Å²) in [5.74, 6) is -0.206. The van der Waals surface area contributed by atoms with Crippen LogP contribution in [0.1, 0.15) is 13.3 Å². The van der Waals surface area contributed by atoms with Crippen LogP contribution in [0.25, 0.3) is 0 Å². The molecule has 2 rings (SSSR count). The molecule has 0 fully saturated rings. The zero-order valence-corrected chi connectivity index (χ0v) is 12.2. The summed E-state index contributed by atoms with van der Waals surface area (Å²) in [6, 6.07) is 5.73. The third-order valence-electron chi connectivity index (χ3n) is 2.51. The molecule has 2 N–H and O–H groups in total. The van der Waals surface area contributed by atoms with Gasteiger partial charge in [-0.25, -0.2) is 0 Å². The number of hydrogen-bond acceptors (Lipinski definition) is 3. The molecule has 0 saturated heterocycles. The maximum Gasteiger partial charge on any atom is 0.238 e. The second-order valence-electron chi connectivity index (χ2n) is 3.89. The van der Waals surface area contributed by atoms with Crippen molar-refractivity contribution in [3.05, 3.63) is 22.7 Å². The monoisotopic (exact) mass is 328 g/mol. The lowest BCUT2D eigenvalue weighted by molar-refractivity contribution is -0.123. The molecule has 1 aliphatic heterocycles. The third-order valence-corrected chi connectivity index (χ3v) is 4.27. The molecule has 0 radical (unpaired) electrons. The van der Waals surface area contributed by atoms with E-state index in [4.69, 9.17) is 0 Å². The number of nitrogens with one attached hydrogen (secondary N) is 2. The van der Waals surface area contributed by atoms with E-state index < -0.39 is 0 Å². The van der Waals surface area contributed by atoms with Crippen LogP contribution in [0.4, 0.5) is 5.69 Å². The molecule has 1 aromatic rings. The van der Waals surface area contributed by atoms with Gasteiger partial charge in [0.25, 0.3) is 0 Å². The van der Waals surface area contributed by atoms with Crippen LogP contribution >= 0.6 is 27.7 Å². The average molecular weight is 329 g/mol. The maximum atomic E-state index is 11.9. The SMILES string of the molecule is CCNC(=O)CC1Sc2ccc(Br)cc2NC1=O. The Labute approximate surface area is 118 Å². The van der Waals surface area contributed by atoms with Gasteiger partial charge in [-0.15, -0.1) is 11.8 Å². The Hall–Kier alpha value is -1.01. The largest absolute Gasteiger partial charge is 0.356 e. The second kappa shape index (κ2) is 5.75. The van der Waals surface area contributed by atoms with Crippen molar-refractivity contribution in [2.75, 3.05) is 11.9 Å². The van der Waals surface area contributed by atoms with Crippen LogP contribution in [-0.4, -0.2) is 23.6 Å². The minimum absolute atomic E-state index is 0.0919. The summed E-state index contributed by atoms with van der Waals surface area (Å²) in [5.41, 5.74) is 0.798. The van der Waals surface area contributed by atoms with Gasteiger partial charge < -0.3 is 10.6 Å². The van der Waals surface area contributed by atoms with Crippen LogP contribution in [0.2, 0.25) is 0 Å². The van der Waals surface area contributed by atoms with Crippen LogP contribution in [0.5, 0.6) is 0 Å². The third kappa shape index (κ3) is 3.05. The van der Waals surface area contributed by atoms with Crippen molar-refractivity contribution in [3.63, 3.8) is 0 Å². The highest BCUT2D eigenvalue weighted by Gasteiger charge is 2.28. The molecule has 6 heteroatoms. The van der Waals surface area contributed by atoms with Crippen LogP contribution in [-0.2, 0) is 9.59 Å². The van der Waals surface area contributed by atoms with E-state index in [-0.39, 0.29) is 23.5 Å². The Kier molecular flexibility index (Phi) is 4.29. The van der Waals surface area contributed by atoms with Gasteiger partial charge >= 0.3 is 0 Å². The molecule has 1 aliphatic rings. The predicted molar refractivity (Wildman–Crippen MR) is 75.7 cm³/mol. The molecule has 1 aromatic carbocycles. The van der Waals surface area contributed by atoms with Crippen molar-refractivity contribution in [2.24, 2.45) is 0 Å². The van der Waals surface area contributed by atoms with Gasteiger partial charge in [-0.2, -0.15) is 0 Å². The topological polar surface area (TPSA) is 58.2 Å². The molecule has 0 aliphatic carbocycles. The van der Waals surface area contributed by atoms with Gasteiger partial charge in [-0.3, -0.25) is 9.59 Å². The summed E-state index contributed by atoms with van der Waals surface area (Å²) in [6.45, 7) is 2.44. The number of anilines is 1. The second-order valence-corrected chi connectivity index (χ2v) is 6.05. The fourth-order valence-corrected chi connectivity index (χ4v) is 3.15. The normalized spacial score (nSPS) is 17.9. The fourth-order valence-electron chi connectivity index (χ4n) is 1.69. The van der Waals surface area contributed by atoms with Crippen LogP contribution in [0.15, 0.2) is 27.6 Å². The Balaban J connectivity index is 2.11. The number of hydrogen-bond donors (Lipinski definition) is 2. The van der Waals surface area contributed by atoms with Gasteiger partial charge in [-0.05, 0) is 25.1 Å². The van der Waals surface area contributed by atoms with E-state index in [1.54, 1.807) is 0 Å². The lowest BCUT2D eigenvalue weighted by atomic mass is 10.2. The minimum atomic E-state index is -0.356. The van der Waals surface area contributed by atoms with E-state index in [0.29, 0.717) is 6.54 Å². The Morgan fingerprint density at radius 3 is 3.06 bits per heavy atom. The van der Waals surface area contributed by atoms with E-state index in [1.165, 1.54) is 11.8 Å². The minimum Gasteiger partial charge on any atom is -0.356 e. The van der Waals surface area contributed by atoms with Crippen molar-refractivity contribution in [2.45, 2.75) is 23.5 Å². The smallest absolute Gasteiger partial charge is 0.238 e. The van der Waals surface area contributed by atoms with Gasteiger partial charge in [0.2, 0.25) is 11.8 Å². The summed E-state index contributed by atoms with van der Waals surface area (Å²) >= 11 is 4.80. The summed E-state index contributed by atoms with van der Waals surface area (Å²) in [5, 5.41) is 5.18. The summed E-state index contributed by atoms with van der Waals surface area (Å²) < 4.78 is 0.921. The predicted octanol–water partition coefficient (Wildman–Crippen LogP) is 2.39. The number of benzene rings is 1. The zero-order chi connectivity index (χ0) is 13.1. The quantitative estimate of drug-likeness (QED) is 0.895. The van der Waals surface area contributed by atoms with Crippen LogP contribution in [0, 0.1) is 0 Å². The van der Waals surface area contributed by atoms with Crippen molar-refractivity contribution in [1.82, 2.24) is 5.32 Å². The summed E-state index contributed by atoms with van der Waals surface area (Å²) in [6.07, 6.45) is 0.208. The number of fused-ring (bicyclic) bond motifs is 1. The standard InChI is InChI=1S/C12H13BrN2O2S/c1-2-14-11(16)6-10-12(17)15-8-5-7(13)3-4-9(8)18-10/h3-5,10H,2,6H2,1H3,(H,14,16)(H,15,17). The van der Waals surface area contributed by atoms with Crippen molar-refractivity contribution in [3.8, 4) is 0 Å². The molecule has 96 valence electrons. The highest BCUT2D eigenvalue weighted by molar-refractivity contribution is 9.10.